The second-order valence-electron chi connectivity index (χ2n) is 6.62. The van der Waals surface area contributed by atoms with Crippen LogP contribution in [0.1, 0.15) is 17.3 Å². The molecule has 1 fully saturated rings. The highest BCUT2D eigenvalue weighted by Gasteiger charge is 2.25. The first-order valence-electron chi connectivity index (χ1n) is 9.38. The van der Waals surface area contributed by atoms with E-state index in [-0.39, 0.29) is 11.6 Å². The number of non-ortho nitro benzene ring substituents is 1. The van der Waals surface area contributed by atoms with Crippen LogP contribution in [0.2, 0.25) is 0 Å². The van der Waals surface area contributed by atoms with Crippen LogP contribution in [-0.4, -0.2) is 53.5 Å². The molecule has 2 aromatic carbocycles. The molecule has 1 amide bonds. The van der Waals surface area contributed by atoms with Crippen molar-refractivity contribution < 1.29 is 14.5 Å². The number of amides is 1. The summed E-state index contributed by atoms with van der Waals surface area (Å²) in [6.07, 6.45) is 0. The number of hydrogen-bond acceptors (Lipinski definition) is 7. The van der Waals surface area contributed by atoms with E-state index >= 15 is 0 Å². The first-order chi connectivity index (χ1) is 14.1. The zero-order valence-corrected chi connectivity index (χ0v) is 16.7. The predicted molar refractivity (Wildman–Crippen MR) is 112 cm³/mol. The number of rotatable bonds is 5. The third kappa shape index (κ3) is 3.86. The second kappa shape index (κ2) is 8.04. The number of carbonyl (C=O) groups excluding carboxylic acids is 1. The van der Waals surface area contributed by atoms with Crippen molar-refractivity contribution in [3.63, 3.8) is 0 Å². The fourth-order valence-electron chi connectivity index (χ4n) is 3.35. The smallest absolute Gasteiger partial charge is 0.270 e. The Morgan fingerprint density at radius 2 is 1.97 bits per heavy atom. The van der Waals surface area contributed by atoms with E-state index in [2.05, 4.69) is 4.90 Å². The molecule has 0 bridgehead atoms. The molecule has 1 aliphatic heterocycles. The van der Waals surface area contributed by atoms with Gasteiger partial charge in [-0.2, -0.15) is 0 Å². The highest BCUT2D eigenvalue weighted by molar-refractivity contribution is 7.22. The van der Waals surface area contributed by atoms with Crippen LogP contribution in [0.4, 0.5) is 10.8 Å². The summed E-state index contributed by atoms with van der Waals surface area (Å²) in [5.74, 6) is 0.600. The number of carbonyl (C=O) groups is 1. The third-order valence-electron chi connectivity index (χ3n) is 4.81. The van der Waals surface area contributed by atoms with Crippen LogP contribution in [0.25, 0.3) is 10.2 Å². The molecule has 2 heterocycles. The minimum Gasteiger partial charge on any atom is -0.492 e. The SMILES string of the molecule is CCOc1cccc2sc(N3CCN(C(=O)c4cccc([N+](=O)[O-])c4)CC3)nc12. The van der Waals surface area contributed by atoms with E-state index in [1.54, 1.807) is 28.4 Å². The second-order valence-corrected chi connectivity index (χ2v) is 7.63. The van der Waals surface area contributed by atoms with E-state index in [1.165, 1.54) is 12.1 Å². The van der Waals surface area contributed by atoms with Gasteiger partial charge in [0.25, 0.3) is 11.6 Å². The molecular formula is C20H20N4O4S. The van der Waals surface area contributed by atoms with Crippen molar-refractivity contribution in [3.05, 3.63) is 58.1 Å². The van der Waals surface area contributed by atoms with Crippen LogP contribution in [0.3, 0.4) is 0 Å². The van der Waals surface area contributed by atoms with Gasteiger partial charge in [0, 0.05) is 43.9 Å². The molecule has 0 saturated carbocycles. The van der Waals surface area contributed by atoms with Crippen molar-refractivity contribution in [2.75, 3.05) is 37.7 Å². The molecule has 4 rings (SSSR count). The van der Waals surface area contributed by atoms with Crippen LogP contribution in [-0.2, 0) is 0 Å². The van der Waals surface area contributed by atoms with Crippen molar-refractivity contribution in [1.82, 2.24) is 9.88 Å². The fourth-order valence-corrected chi connectivity index (χ4v) is 4.39. The van der Waals surface area contributed by atoms with Crippen molar-refractivity contribution in [2.45, 2.75) is 6.92 Å². The minimum atomic E-state index is -0.488. The van der Waals surface area contributed by atoms with E-state index < -0.39 is 4.92 Å². The molecule has 0 unspecified atom stereocenters. The lowest BCUT2D eigenvalue weighted by Gasteiger charge is -2.34. The molecule has 1 aliphatic rings. The van der Waals surface area contributed by atoms with Gasteiger partial charge in [0.05, 0.1) is 16.2 Å². The highest BCUT2D eigenvalue weighted by Crippen LogP contribution is 2.34. The number of nitro benzene ring substituents is 1. The summed E-state index contributed by atoms with van der Waals surface area (Å²) in [7, 11) is 0. The van der Waals surface area contributed by atoms with E-state index in [0.29, 0.717) is 38.3 Å². The van der Waals surface area contributed by atoms with E-state index in [0.717, 1.165) is 21.1 Å². The summed E-state index contributed by atoms with van der Waals surface area (Å²) in [4.78, 5) is 31.8. The number of aromatic nitrogens is 1. The van der Waals surface area contributed by atoms with Crippen molar-refractivity contribution in [1.29, 1.82) is 0 Å². The summed E-state index contributed by atoms with van der Waals surface area (Å²) in [5, 5.41) is 11.9. The van der Waals surface area contributed by atoms with Gasteiger partial charge in [-0.25, -0.2) is 4.98 Å². The van der Waals surface area contributed by atoms with Gasteiger partial charge in [-0.3, -0.25) is 14.9 Å². The quantitative estimate of drug-likeness (QED) is 0.470. The number of thiazole rings is 1. The lowest BCUT2D eigenvalue weighted by atomic mass is 10.1. The molecule has 0 atom stereocenters. The molecule has 0 aliphatic carbocycles. The standard InChI is InChI=1S/C20H20N4O4S/c1-2-28-16-7-4-8-17-18(16)21-20(29-17)23-11-9-22(10-12-23)19(25)14-5-3-6-15(13-14)24(26)27/h3-8,13H,2,9-12H2,1H3. The Hall–Kier alpha value is -3.20. The molecule has 150 valence electrons. The van der Waals surface area contributed by atoms with Crippen LogP contribution in [0.15, 0.2) is 42.5 Å². The number of anilines is 1. The molecule has 1 aromatic heterocycles. The lowest BCUT2D eigenvalue weighted by molar-refractivity contribution is -0.384. The minimum absolute atomic E-state index is 0.0749. The number of piperazine rings is 1. The number of benzene rings is 2. The Kier molecular flexibility index (Phi) is 5.30. The van der Waals surface area contributed by atoms with Crippen LogP contribution >= 0.6 is 11.3 Å². The van der Waals surface area contributed by atoms with E-state index in [9.17, 15) is 14.9 Å². The summed E-state index contributed by atoms with van der Waals surface area (Å²) in [6.45, 7) is 4.93. The van der Waals surface area contributed by atoms with Gasteiger partial charge < -0.3 is 14.5 Å². The number of nitrogens with zero attached hydrogens (tertiary/aromatic N) is 4. The molecule has 0 spiro atoms. The normalized spacial score (nSPS) is 14.2. The Bertz CT molecular complexity index is 1060. The van der Waals surface area contributed by atoms with Gasteiger partial charge in [-0.1, -0.05) is 23.5 Å². The van der Waals surface area contributed by atoms with E-state index in [1.807, 2.05) is 25.1 Å². The first-order valence-corrected chi connectivity index (χ1v) is 10.2. The fraction of sp³-hybridized carbons (Fsp3) is 0.300. The zero-order valence-electron chi connectivity index (χ0n) is 15.9. The molecule has 3 aromatic rings. The summed E-state index contributed by atoms with van der Waals surface area (Å²) >= 11 is 1.61. The van der Waals surface area contributed by atoms with Crippen molar-refractivity contribution in [2.24, 2.45) is 0 Å². The Morgan fingerprint density at radius 1 is 1.21 bits per heavy atom. The Morgan fingerprint density at radius 3 is 2.69 bits per heavy atom. The van der Waals surface area contributed by atoms with Crippen LogP contribution < -0.4 is 9.64 Å². The first kappa shape index (κ1) is 19.1. The average Bonchev–Trinajstić information content (AvgIpc) is 3.19. The largest absolute Gasteiger partial charge is 0.492 e. The maximum Gasteiger partial charge on any atom is 0.270 e. The van der Waals surface area contributed by atoms with Gasteiger partial charge in [-0.15, -0.1) is 0 Å². The molecular weight excluding hydrogens is 392 g/mol. The molecule has 8 nitrogen and oxygen atoms in total. The third-order valence-corrected chi connectivity index (χ3v) is 5.89. The maximum absolute atomic E-state index is 12.7. The van der Waals surface area contributed by atoms with Gasteiger partial charge in [0.2, 0.25) is 0 Å². The number of nitro groups is 1. The summed E-state index contributed by atoms with van der Waals surface area (Å²) in [6, 6.07) is 11.8. The monoisotopic (exact) mass is 412 g/mol. The molecule has 0 N–H and O–H groups in total. The number of para-hydroxylation sites is 1. The zero-order chi connectivity index (χ0) is 20.4. The number of fused-ring (bicyclic) bond motifs is 1. The number of hydrogen-bond donors (Lipinski definition) is 0. The molecule has 0 radical (unpaired) electrons. The highest BCUT2D eigenvalue weighted by atomic mass is 32.1. The maximum atomic E-state index is 12.7. The van der Waals surface area contributed by atoms with Crippen LogP contribution in [0.5, 0.6) is 5.75 Å². The van der Waals surface area contributed by atoms with E-state index in [4.69, 9.17) is 9.72 Å². The van der Waals surface area contributed by atoms with Crippen molar-refractivity contribution >= 4 is 38.3 Å². The predicted octanol–water partition coefficient (Wildman–Crippen LogP) is 3.57. The molecule has 29 heavy (non-hydrogen) atoms. The Balaban J connectivity index is 1.46. The topological polar surface area (TPSA) is 88.8 Å². The van der Waals surface area contributed by atoms with Crippen molar-refractivity contribution in [3.8, 4) is 5.75 Å². The van der Waals surface area contributed by atoms with Gasteiger partial charge in [-0.05, 0) is 25.1 Å². The summed E-state index contributed by atoms with van der Waals surface area (Å²) < 4.78 is 6.74. The van der Waals surface area contributed by atoms with Gasteiger partial charge in [0.1, 0.15) is 11.3 Å². The number of ether oxygens (including phenoxy) is 1. The molecule has 1 saturated heterocycles. The molecule has 9 heteroatoms. The van der Waals surface area contributed by atoms with Gasteiger partial charge in [0.15, 0.2) is 5.13 Å². The average molecular weight is 412 g/mol. The lowest BCUT2D eigenvalue weighted by Crippen LogP contribution is -2.48. The Labute approximate surface area is 171 Å². The van der Waals surface area contributed by atoms with Crippen LogP contribution in [0, 0.1) is 10.1 Å². The van der Waals surface area contributed by atoms with Gasteiger partial charge >= 0.3 is 0 Å². The summed E-state index contributed by atoms with van der Waals surface area (Å²) in [5.41, 5.74) is 1.13.